The Morgan fingerprint density at radius 2 is 1.92 bits per heavy atom. The molecule has 0 saturated heterocycles. The Morgan fingerprint density at radius 3 is 2.73 bits per heavy atom. The molecule has 26 heavy (non-hydrogen) atoms. The van der Waals surface area contributed by atoms with Crippen molar-refractivity contribution in [1.29, 1.82) is 0 Å². The first-order chi connectivity index (χ1) is 12.7. The summed E-state index contributed by atoms with van der Waals surface area (Å²) in [5.41, 5.74) is 9.90. The SMILES string of the molecule is COc1ccccc1OCC(C)CN=C(N)Nc1ccc2c(c1)CCC2. The number of benzene rings is 2. The topological polar surface area (TPSA) is 68.9 Å². The van der Waals surface area contributed by atoms with Gasteiger partial charge in [0.05, 0.1) is 13.7 Å². The number of aryl methyl sites for hydroxylation is 2. The lowest BCUT2D eigenvalue weighted by molar-refractivity contribution is 0.251. The molecule has 5 nitrogen and oxygen atoms in total. The molecule has 0 amide bonds. The van der Waals surface area contributed by atoms with E-state index in [0.717, 1.165) is 23.6 Å². The minimum absolute atomic E-state index is 0.236. The average molecular weight is 353 g/mol. The van der Waals surface area contributed by atoms with Gasteiger partial charge in [-0.05, 0) is 54.7 Å². The molecule has 0 radical (unpaired) electrons. The molecule has 138 valence electrons. The number of nitrogens with one attached hydrogen (secondary N) is 1. The molecule has 0 aromatic heterocycles. The largest absolute Gasteiger partial charge is 0.493 e. The maximum absolute atomic E-state index is 6.03. The molecule has 0 aliphatic heterocycles. The van der Waals surface area contributed by atoms with Gasteiger partial charge >= 0.3 is 0 Å². The lowest BCUT2D eigenvalue weighted by Crippen LogP contribution is -2.24. The molecule has 3 rings (SSSR count). The van der Waals surface area contributed by atoms with Crippen LogP contribution in [-0.4, -0.2) is 26.2 Å². The van der Waals surface area contributed by atoms with Crippen LogP contribution in [0.3, 0.4) is 0 Å². The summed E-state index contributed by atoms with van der Waals surface area (Å²) in [5.74, 6) is 2.16. The van der Waals surface area contributed by atoms with Gasteiger partial charge in [0.1, 0.15) is 0 Å². The highest BCUT2D eigenvalue weighted by molar-refractivity contribution is 5.92. The summed E-state index contributed by atoms with van der Waals surface area (Å²) in [4.78, 5) is 4.44. The third kappa shape index (κ3) is 4.69. The zero-order chi connectivity index (χ0) is 18.4. The van der Waals surface area contributed by atoms with Gasteiger partial charge in [-0.15, -0.1) is 0 Å². The Hall–Kier alpha value is -2.69. The summed E-state index contributed by atoms with van der Waals surface area (Å²) < 4.78 is 11.1. The van der Waals surface area contributed by atoms with Crippen molar-refractivity contribution < 1.29 is 9.47 Å². The zero-order valence-electron chi connectivity index (χ0n) is 15.5. The van der Waals surface area contributed by atoms with Crippen LogP contribution in [0.1, 0.15) is 24.5 Å². The standard InChI is InChI=1S/C21H27N3O2/c1-15(14-26-20-9-4-3-8-19(20)25-2)13-23-21(22)24-18-11-10-16-6-5-7-17(16)12-18/h3-4,8-12,15H,5-7,13-14H2,1-2H3,(H3,22,23,24). The normalized spacial score (nSPS) is 14.6. The van der Waals surface area contributed by atoms with Crippen molar-refractivity contribution in [3.63, 3.8) is 0 Å². The molecule has 1 aliphatic carbocycles. The van der Waals surface area contributed by atoms with Crippen molar-refractivity contribution in [2.45, 2.75) is 26.2 Å². The molecular weight excluding hydrogens is 326 g/mol. The van der Waals surface area contributed by atoms with E-state index in [0.29, 0.717) is 19.1 Å². The number of anilines is 1. The number of rotatable bonds is 7. The van der Waals surface area contributed by atoms with Crippen LogP contribution in [-0.2, 0) is 12.8 Å². The summed E-state index contributed by atoms with van der Waals surface area (Å²) in [6.07, 6.45) is 3.58. The summed E-state index contributed by atoms with van der Waals surface area (Å²) in [5, 5.41) is 3.19. The minimum atomic E-state index is 0.236. The van der Waals surface area contributed by atoms with Gasteiger partial charge in [0.25, 0.3) is 0 Å². The van der Waals surface area contributed by atoms with Crippen LogP contribution in [0.4, 0.5) is 5.69 Å². The third-order valence-electron chi connectivity index (χ3n) is 4.54. The smallest absolute Gasteiger partial charge is 0.193 e. The molecule has 0 bridgehead atoms. The Kier molecular flexibility index (Phi) is 6.00. The van der Waals surface area contributed by atoms with Gasteiger partial charge in [0, 0.05) is 18.2 Å². The van der Waals surface area contributed by atoms with Gasteiger partial charge in [0.2, 0.25) is 0 Å². The number of para-hydroxylation sites is 2. The first-order valence-electron chi connectivity index (χ1n) is 9.10. The molecule has 5 heteroatoms. The van der Waals surface area contributed by atoms with Crippen LogP contribution in [0.25, 0.3) is 0 Å². The fourth-order valence-corrected chi connectivity index (χ4v) is 3.11. The van der Waals surface area contributed by atoms with E-state index in [2.05, 4.69) is 35.4 Å². The first-order valence-corrected chi connectivity index (χ1v) is 9.10. The monoisotopic (exact) mass is 353 g/mol. The van der Waals surface area contributed by atoms with E-state index in [1.807, 2.05) is 24.3 Å². The quantitative estimate of drug-likeness (QED) is 0.589. The average Bonchev–Trinajstić information content (AvgIpc) is 3.12. The molecule has 2 aromatic carbocycles. The number of nitrogens with two attached hydrogens (primary N) is 1. The lowest BCUT2D eigenvalue weighted by atomic mass is 10.1. The predicted octanol–water partition coefficient (Wildman–Crippen LogP) is 3.63. The van der Waals surface area contributed by atoms with E-state index in [-0.39, 0.29) is 5.92 Å². The number of guanidine groups is 1. The van der Waals surface area contributed by atoms with Gasteiger partial charge in [-0.3, -0.25) is 4.99 Å². The van der Waals surface area contributed by atoms with E-state index in [4.69, 9.17) is 15.2 Å². The predicted molar refractivity (Wildman–Crippen MR) is 106 cm³/mol. The van der Waals surface area contributed by atoms with Crippen LogP contribution in [0.5, 0.6) is 11.5 Å². The Morgan fingerprint density at radius 1 is 1.15 bits per heavy atom. The van der Waals surface area contributed by atoms with Crippen LogP contribution < -0.4 is 20.5 Å². The molecule has 0 saturated carbocycles. The fourth-order valence-electron chi connectivity index (χ4n) is 3.11. The maximum atomic E-state index is 6.03. The van der Waals surface area contributed by atoms with Gasteiger partial charge in [-0.1, -0.05) is 25.1 Å². The van der Waals surface area contributed by atoms with E-state index in [1.165, 1.54) is 24.0 Å². The Bertz CT molecular complexity index is 774. The molecule has 0 fully saturated rings. The van der Waals surface area contributed by atoms with Gasteiger partial charge in [-0.25, -0.2) is 0 Å². The summed E-state index contributed by atoms with van der Waals surface area (Å²) in [7, 11) is 1.64. The van der Waals surface area contributed by atoms with Crippen LogP contribution in [0.15, 0.2) is 47.5 Å². The third-order valence-corrected chi connectivity index (χ3v) is 4.54. The summed E-state index contributed by atoms with van der Waals surface area (Å²) in [6.45, 7) is 3.23. The minimum Gasteiger partial charge on any atom is -0.493 e. The first kappa shape index (κ1) is 18.1. The van der Waals surface area contributed by atoms with Gasteiger partial charge < -0.3 is 20.5 Å². The van der Waals surface area contributed by atoms with Crippen molar-refractivity contribution in [1.82, 2.24) is 0 Å². The Balaban J connectivity index is 1.49. The molecule has 1 unspecified atom stereocenters. The van der Waals surface area contributed by atoms with Crippen molar-refractivity contribution in [3.8, 4) is 11.5 Å². The van der Waals surface area contributed by atoms with Crippen molar-refractivity contribution >= 4 is 11.6 Å². The molecular formula is C21H27N3O2. The maximum Gasteiger partial charge on any atom is 0.193 e. The van der Waals surface area contributed by atoms with Crippen LogP contribution in [0.2, 0.25) is 0 Å². The second-order valence-electron chi connectivity index (χ2n) is 6.76. The van der Waals surface area contributed by atoms with E-state index in [9.17, 15) is 0 Å². The van der Waals surface area contributed by atoms with Crippen molar-refractivity contribution in [3.05, 3.63) is 53.6 Å². The van der Waals surface area contributed by atoms with Crippen molar-refractivity contribution in [2.24, 2.45) is 16.6 Å². The summed E-state index contributed by atoms with van der Waals surface area (Å²) in [6, 6.07) is 14.1. The molecule has 1 aliphatic rings. The van der Waals surface area contributed by atoms with E-state index < -0.39 is 0 Å². The highest BCUT2D eigenvalue weighted by Gasteiger charge is 2.11. The number of ether oxygens (including phenoxy) is 2. The van der Waals surface area contributed by atoms with Crippen LogP contribution in [0, 0.1) is 5.92 Å². The number of nitrogens with zero attached hydrogens (tertiary/aromatic N) is 1. The second-order valence-corrected chi connectivity index (χ2v) is 6.76. The van der Waals surface area contributed by atoms with Crippen LogP contribution >= 0.6 is 0 Å². The van der Waals surface area contributed by atoms with E-state index >= 15 is 0 Å². The lowest BCUT2D eigenvalue weighted by Gasteiger charge is -2.14. The number of aliphatic imine (C=N–C) groups is 1. The zero-order valence-corrected chi connectivity index (χ0v) is 15.5. The number of methoxy groups -OCH3 is 1. The molecule has 3 N–H and O–H groups in total. The molecule has 2 aromatic rings. The number of hydrogen-bond acceptors (Lipinski definition) is 3. The second kappa shape index (κ2) is 8.61. The van der Waals surface area contributed by atoms with Crippen molar-refractivity contribution in [2.75, 3.05) is 25.6 Å². The highest BCUT2D eigenvalue weighted by Crippen LogP contribution is 2.26. The highest BCUT2D eigenvalue weighted by atomic mass is 16.5. The number of hydrogen-bond donors (Lipinski definition) is 2. The fraction of sp³-hybridized carbons (Fsp3) is 0.381. The molecule has 1 atom stereocenters. The van der Waals surface area contributed by atoms with Gasteiger partial charge in [0.15, 0.2) is 17.5 Å². The number of fused-ring (bicyclic) bond motifs is 1. The summed E-state index contributed by atoms with van der Waals surface area (Å²) >= 11 is 0. The molecule has 0 heterocycles. The van der Waals surface area contributed by atoms with Gasteiger partial charge in [-0.2, -0.15) is 0 Å². The Labute approximate surface area is 155 Å². The molecule has 0 spiro atoms. The van der Waals surface area contributed by atoms with E-state index in [1.54, 1.807) is 7.11 Å².